The maximum Gasteiger partial charge on any atom is 0.364 e. The Kier molecular flexibility index (Phi) is 3.79. The standard InChI is InChI=1S/C15H17N5O/c1-2-16-13(11-6-4-3-5-7-11)10-12-8-9-14-17-18-15(21)20(14)19-12/h3-9,13,16H,2,10H2,1H3,(H,18,21). The van der Waals surface area contributed by atoms with Crippen LogP contribution in [0, 0.1) is 0 Å². The molecule has 0 aliphatic carbocycles. The smallest absolute Gasteiger partial charge is 0.310 e. The molecule has 1 aromatic carbocycles. The topological polar surface area (TPSA) is 75.1 Å². The van der Waals surface area contributed by atoms with Crippen LogP contribution < -0.4 is 11.0 Å². The Morgan fingerprint density at radius 3 is 2.81 bits per heavy atom. The zero-order chi connectivity index (χ0) is 14.7. The van der Waals surface area contributed by atoms with Crippen LogP contribution in [0.2, 0.25) is 0 Å². The molecule has 0 amide bonds. The Morgan fingerprint density at radius 1 is 1.24 bits per heavy atom. The van der Waals surface area contributed by atoms with Crippen LogP contribution in [0.5, 0.6) is 0 Å². The molecular weight excluding hydrogens is 266 g/mol. The van der Waals surface area contributed by atoms with E-state index in [1.54, 1.807) is 6.07 Å². The molecule has 6 nitrogen and oxygen atoms in total. The number of H-pyrrole nitrogens is 1. The molecule has 6 heteroatoms. The number of likely N-dealkylation sites (N-methyl/N-ethyl adjacent to an activating group) is 1. The average Bonchev–Trinajstić information content (AvgIpc) is 2.89. The van der Waals surface area contributed by atoms with E-state index in [0.717, 1.165) is 12.2 Å². The first-order chi connectivity index (χ1) is 10.3. The second-order valence-electron chi connectivity index (χ2n) is 4.85. The Hall–Kier alpha value is -2.47. The van der Waals surface area contributed by atoms with Crippen LogP contribution in [-0.2, 0) is 6.42 Å². The van der Waals surface area contributed by atoms with Crippen LogP contribution in [0.1, 0.15) is 24.2 Å². The number of nitrogens with one attached hydrogen (secondary N) is 2. The molecule has 21 heavy (non-hydrogen) atoms. The van der Waals surface area contributed by atoms with Gasteiger partial charge in [0.15, 0.2) is 5.65 Å². The van der Waals surface area contributed by atoms with Crippen molar-refractivity contribution in [1.82, 2.24) is 25.1 Å². The molecule has 0 aliphatic rings. The molecule has 2 aromatic heterocycles. The summed E-state index contributed by atoms with van der Waals surface area (Å²) < 4.78 is 1.29. The molecule has 0 spiro atoms. The number of nitrogens with zero attached hydrogens (tertiary/aromatic N) is 3. The van der Waals surface area contributed by atoms with E-state index >= 15 is 0 Å². The Bertz CT molecular complexity index is 777. The lowest BCUT2D eigenvalue weighted by Crippen LogP contribution is -2.24. The summed E-state index contributed by atoms with van der Waals surface area (Å²) in [4.78, 5) is 11.6. The van der Waals surface area contributed by atoms with E-state index in [4.69, 9.17) is 0 Å². The van der Waals surface area contributed by atoms with Crippen molar-refractivity contribution in [1.29, 1.82) is 0 Å². The van der Waals surface area contributed by atoms with E-state index in [-0.39, 0.29) is 11.7 Å². The van der Waals surface area contributed by atoms with Gasteiger partial charge in [-0.05, 0) is 24.2 Å². The second-order valence-corrected chi connectivity index (χ2v) is 4.85. The third-order valence-corrected chi connectivity index (χ3v) is 3.39. The molecule has 2 heterocycles. The minimum absolute atomic E-state index is 0.170. The molecule has 0 bridgehead atoms. The number of hydrogen-bond acceptors (Lipinski definition) is 4. The van der Waals surface area contributed by atoms with Crippen LogP contribution in [0.15, 0.2) is 47.3 Å². The van der Waals surface area contributed by atoms with Gasteiger partial charge in [-0.15, -0.1) is 0 Å². The van der Waals surface area contributed by atoms with Gasteiger partial charge in [-0.25, -0.2) is 9.89 Å². The summed E-state index contributed by atoms with van der Waals surface area (Å²) in [6.07, 6.45) is 0.714. The monoisotopic (exact) mass is 283 g/mol. The lowest BCUT2D eigenvalue weighted by molar-refractivity contribution is 0.539. The summed E-state index contributed by atoms with van der Waals surface area (Å²) >= 11 is 0. The van der Waals surface area contributed by atoms with Crippen molar-refractivity contribution in [3.05, 3.63) is 64.2 Å². The molecule has 2 N–H and O–H groups in total. The van der Waals surface area contributed by atoms with Crippen molar-refractivity contribution in [2.75, 3.05) is 6.54 Å². The normalized spacial score (nSPS) is 12.6. The van der Waals surface area contributed by atoms with Gasteiger partial charge in [0, 0.05) is 12.5 Å². The fraction of sp³-hybridized carbons (Fsp3) is 0.267. The van der Waals surface area contributed by atoms with Crippen LogP contribution in [-0.4, -0.2) is 26.4 Å². The quantitative estimate of drug-likeness (QED) is 0.740. The predicted octanol–water partition coefficient (Wildman–Crippen LogP) is 1.31. The molecule has 1 unspecified atom stereocenters. The zero-order valence-electron chi connectivity index (χ0n) is 11.8. The molecule has 0 fully saturated rings. The van der Waals surface area contributed by atoms with E-state index < -0.39 is 0 Å². The lowest BCUT2D eigenvalue weighted by Gasteiger charge is -2.17. The second kappa shape index (κ2) is 5.88. The number of aromatic nitrogens is 4. The van der Waals surface area contributed by atoms with Crippen molar-refractivity contribution in [3.63, 3.8) is 0 Å². The zero-order valence-corrected chi connectivity index (χ0v) is 11.8. The van der Waals surface area contributed by atoms with E-state index in [2.05, 4.69) is 39.7 Å². The minimum atomic E-state index is -0.313. The molecule has 3 rings (SSSR count). The minimum Gasteiger partial charge on any atom is -0.310 e. The van der Waals surface area contributed by atoms with Gasteiger partial charge >= 0.3 is 5.69 Å². The first-order valence-corrected chi connectivity index (χ1v) is 6.99. The highest BCUT2D eigenvalue weighted by Gasteiger charge is 2.12. The van der Waals surface area contributed by atoms with Crippen molar-refractivity contribution in [2.45, 2.75) is 19.4 Å². The average molecular weight is 283 g/mol. The Morgan fingerprint density at radius 2 is 2.05 bits per heavy atom. The SMILES string of the molecule is CCNC(Cc1ccc2n[nH]c(=O)n2n1)c1ccccc1. The first kappa shape index (κ1) is 13.5. The number of fused-ring (bicyclic) bond motifs is 1. The molecule has 1 atom stereocenters. The van der Waals surface area contributed by atoms with Gasteiger partial charge < -0.3 is 5.32 Å². The lowest BCUT2D eigenvalue weighted by atomic mass is 10.0. The Labute approximate surface area is 121 Å². The van der Waals surface area contributed by atoms with Gasteiger partial charge in [-0.1, -0.05) is 37.3 Å². The van der Waals surface area contributed by atoms with Gasteiger partial charge in [0.25, 0.3) is 0 Å². The van der Waals surface area contributed by atoms with E-state index in [0.29, 0.717) is 12.1 Å². The van der Waals surface area contributed by atoms with Crippen LogP contribution in [0.4, 0.5) is 0 Å². The third-order valence-electron chi connectivity index (χ3n) is 3.39. The maximum absolute atomic E-state index is 11.6. The van der Waals surface area contributed by atoms with Crippen LogP contribution >= 0.6 is 0 Å². The largest absolute Gasteiger partial charge is 0.364 e. The van der Waals surface area contributed by atoms with Crippen molar-refractivity contribution in [3.8, 4) is 0 Å². The predicted molar refractivity (Wildman–Crippen MR) is 80.2 cm³/mol. The van der Waals surface area contributed by atoms with Crippen molar-refractivity contribution in [2.24, 2.45) is 0 Å². The third kappa shape index (κ3) is 2.85. The van der Waals surface area contributed by atoms with Gasteiger partial charge in [-0.2, -0.15) is 14.7 Å². The highest BCUT2D eigenvalue weighted by molar-refractivity contribution is 5.34. The molecule has 0 saturated carbocycles. The maximum atomic E-state index is 11.6. The number of rotatable bonds is 5. The van der Waals surface area contributed by atoms with E-state index in [1.807, 2.05) is 24.3 Å². The summed E-state index contributed by atoms with van der Waals surface area (Å²) in [5.41, 5.74) is 2.27. The van der Waals surface area contributed by atoms with Gasteiger partial charge in [-0.3, -0.25) is 0 Å². The summed E-state index contributed by atoms with van der Waals surface area (Å²) in [5.74, 6) is 0. The molecule has 3 aromatic rings. The summed E-state index contributed by atoms with van der Waals surface area (Å²) in [5, 5.41) is 14.1. The van der Waals surface area contributed by atoms with Crippen LogP contribution in [0.25, 0.3) is 5.65 Å². The van der Waals surface area contributed by atoms with Gasteiger partial charge in [0.1, 0.15) is 0 Å². The summed E-state index contributed by atoms with van der Waals surface area (Å²) in [6.45, 7) is 2.95. The molecule has 108 valence electrons. The highest BCUT2D eigenvalue weighted by Crippen LogP contribution is 2.17. The fourth-order valence-corrected chi connectivity index (χ4v) is 2.40. The number of hydrogen-bond donors (Lipinski definition) is 2. The molecule has 0 aliphatic heterocycles. The summed E-state index contributed by atoms with van der Waals surface area (Å²) in [6, 6.07) is 14.1. The number of aromatic amines is 1. The highest BCUT2D eigenvalue weighted by atomic mass is 16.2. The van der Waals surface area contributed by atoms with Crippen LogP contribution in [0.3, 0.4) is 0 Å². The van der Waals surface area contributed by atoms with Gasteiger partial charge in [0.05, 0.1) is 5.69 Å². The number of benzene rings is 1. The van der Waals surface area contributed by atoms with Crippen molar-refractivity contribution >= 4 is 5.65 Å². The van der Waals surface area contributed by atoms with Crippen molar-refractivity contribution < 1.29 is 0 Å². The first-order valence-electron chi connectivity index (χ1n) is 6.99. The van der Waals surface area contributed by atoms with E-state index in [9.17, 15) is 4.79 Å². The fourth-order valence-electron chi connectivity index (χ4n) is 2.40. The molecular formula is C15H17N5O. The van der Waals surface area contributed by atoms with E-state index in [1.165, 1.54) is 10.1 Å². The Balaban J connectivity index is 1.90. The molecule has 0 saturated heterocycles. The summed E-state index contributed by atoms with van der Waals surface area (Å²) in [7, 11) is 0. The van der Waals surface area contributed by atoms with Gasteiger partial charge in [0.2, 0.25) is 0 Å². The molecule has 0 radical (unpaired) electrons.